The van der Waals surface area contributed by atoms with E-state index < -0.39 is 5.97 Å². The van der Waals surface area contributed by atoms with Crippen LogP contribution in [-0.4, -0.2) is 25.9 Å². The molecule has 0 saturated carbocycles. The van der Waals surface area contributed by atoms with Gasteiger partial charge in [-0.05, 0) is 48.6 Å². The number of benzene rings is 2. The highest BCUT2D eigenvalue weighted by Crippen LogP contribution is 2.37. The molecule has 1 aliphatic rings. The van der Waals surface area contributed by atoms with Crippen molar-refractivity contribution in [3.8, 4) is 0 Å². The number of nitrogens with zero attached hydrogens (tertiary/aromatic N) is 4. The van der Waals surface area contributed by atoms with Crippen LogP contribution in [0.25, 0.3) is 22.6 Å². The van der Waals surface area contributed by atoms with Gasteiger partial charge in [-0.25, -0.2) is 9.78 Å². The standard InChI is InChI=1S/C25H22N6O2/c1-14-6-8-15(9-7-14)12-16-10-11-18-21(17-4-2-3-5-19(17)28-22(16)18)23(32)33-13-20-29-24(26)31-25(27)30-20/h2-9,12H,10-11,13H2,1H3,(H4,26,27,29,30,31)/b16-12+. The number of ether oxygens (including phenoxy) is 1. The Kier molecular flexibility index (Phi) is 5.18. The number of para-hydroxylation sites is 1. The molecule has 2 aromatic carbocycles. The predicted molar refractivity (Wildman–Crippen MR) is 127 cm³/mol. The van der Waals surface area contributed by atoms with Crippen molar-refractivity contribution in [1.82, 2.24) is 19.9 Å². The minimum Gasteiger partial charge on any atom is -0.454 e. The lowest BCUT2D eigenvalue weighted by Crippen LogP contribution is -2.13. The molecule has 0 spiro atoms. The van der Waals surface area contributed by atoms with E-state index in [9.17, 15) is 4.79 Å². The van der Waals surface area contributed by atoms with Crippen LogP contribution in [0.2, 0.25) is 0 Å². The Morgan fingerprint density at radius 2 is 1.70 bits per heavy atom. The Morgan fingerprint density at radius 3 is 2.45 bits per heavy atom. The first-order valence-electron chi connectivity index (χ1n) is 10.6. The van der Waals surface area contributed by atoms with E-state index in [1.165, 1.54) is 5.56 Å². The molecule has 0 bridgehead atoms. The van der Waals surface area contributed by atoms with Gasteiger partial charge >= 0.3 is 5.97 Å². The summed E-state index contributed by atoms with van der Waals surface area (Å²) in [6.45, 7) is 1.90. The van der Waals surface area contributed by atoms with E-state index in [-0.39, 0.29) is 24.3 Å². The molecule has 2 aromatic heterocycles. The molecule has 164 valence electrons. The number of pyridine rings is 1. The van der Waals surface area contributed by atoms with E-state index in [2.05, 4.69) is 52.2 Å². The molecule has 0 unspecified atom stereocenters. The number of fused-ring (bicyclic) bond motifs is 2. The third-order valence-corrected chi connectivity index (χ3v) is 5.61. The fourth-order valence-electron chi connectivity index (χ4n) is 4.10. The normalized spacial score (nSPS) is 13.9. The summed E-state index contributed by atoms with van der Waals surface area (Å²) >= 11 is 0. The SMILES string of the molecule is Cc1ccc(/C=C2\CCc3c2nc2ccccc2c3C(=O)OCc2nc(N)nc(N)n2)cc1. The molecule has 0 saturated heterocycles. The second kappa shape index (κ2) is 8.31. The van der Waals surface area contributed by atoms with E-state index in [0.29, 0.717) is 12.0 Å². The number of anilines is 2. The number of carbonyl (C=O) groups is 1. The zero-order chi connectivity index (χ0) is 22.9. The lowest BCUT2D eigenvalue weighted by atomic mass is 10.0. The molecule has 5 rings (SSSR count). The molecule has 4 aromatic rings. The number of nitrogen functional groups attached to an aromatic ring is 2. The van der Waals surface area contributed by atoms with Crippen molar-refractivity contribution in [3.05, 3.63) is 82.3 Å². The summed E-state index contributed by atoms with van der Waals surface area (Å²) in [6.07, 6.45) is 3.65. The Bertz CT molecular complexity index is 1390. The lowest BCUT2D eigenvalue weighted by Gasteiger charge is -2.12. The summed E-state index contributed by atoms with van der Waals surface area (Å²) < 4.78 is 5.57. The van der Waals surface area contributed by atoms with E-state index in [0.717, 1.165) is 39.7 Å². The molecule has 0 amide bonds. The zero-order valence-corrected chi connectivity index (χ0v) is 18.1. The van der Waals surface area contributed by atoms with Gasteiger partial charge in [-0.2, -0.15) is 15.0 Å². The summed E-state index contributed by atoms with van der Waals surface area (Å²) in [7, 11) is 0. The fraction of sp³-hybridized carbons (Fsp3) is 0.160. The average Bonchev–Trinajstić information content (AvgIpc) is 3.18. The van der Waals surface area contributed by atoms with Crippen molar-refractivity contribution < 1.29 is 9.53 Å². The average molecular weight is 438 g/mol. The summed E-state index contributed by atoms with van der Waals surface area (Å²) in [6, 6.07) is 15.9. The van der Waals surface area contributed by atoms with Gasteiger partial charge in [0, 0.05) is 5.39 Å². The molecule has 8 heteroatoms. The van der Waals surface area contributed by atoms with Gasteiger partial charge in [0.2, 0.25) is 11.9 Å². The number of rotatable bonds is 4. The molecule has 0 radical (unpaired) electrons. The third-order valence-electron chi connectivity index (χ3n) is 5.61. The molecule has 4 N–H and O–H groups in total. The van der Waals surface area contributed by atoms with Gasteiger partial charge in [-0.15, -0.1) is 0 Å². The number of aromatic nitrogens is 4. The molecular weight excluding hydrogens is 416 g/mol. The molecule has 1 aliphatic carbocycles. The smallest absolute Gasteiger partial charge is 0.339 e. The van der Waals surface area contributed by atoms with Gasteiger partial charge in [0.05, 0.1) is 16.8 Å². The largest absolute Gasteiger partial charge is 0.454 e. The van der Waals surface area contributed by atoms with Crippen molar-refractivity contribution in [2.45, 2.75) is 26.4 Å². The maximum atomic E-state index is 13.3. The number of hydrogen-bond donors (Lipinski definition) is 2. The number of hydrogen-bond acceptors (Lipinski definition) is 8. The molecule has 8 nitrogen and oxygen atoms in total. The first-order valence-corrected chi connectivity index (χ1v) is 10.6. The Morgan fingerprint density at radius 1 is 0.970 bits per heavy atom. The summed E-state index contributed by atoms with van der Waals surface area (Å²) in [4.78, 5) is 29.8. The summed E-state index contributed by atoms with van der Waals surface area (Å²) in [5, 5.41) is 0.757. The monoisotopic (exact) mass is 438 g/mol. The van der Waals surface area contributed by atoms with Crippen LogP contribution in [0.1, 0.15) is 45.0 Å². The Balaban J connectivity index is 1.53. The zero-order valence-electron chi connectivity index (χ0n) is 18.1. The van der Waals surface area contributed by atoms with Gasteiger partial charge in [-0.1, -0.05) is 48.0 Å². The van der Waals surface area contributed by atoms with Crippen molar-refractivity contribution in [2.75, 3.05) is 11.5 Å². The molecule has 0 aliphatic heterocycles. The summed E-state index contributed by atoms with van der Waals surface area (Å²) in [5.41, 5.74) is 17.7. The first-order chi connectivity index (χ1) is 16.0. The maximum Gasteiger partial charge on any atom is 0.339 e. The number of allylic oxidation sites excluding steroid dienone is 1. The lowest BCUT2D eigenvalue weighted by molar-refractivity contribution is 0.0463. The van der Waals surface area contributed by atoms with E-state index in [4.69, 9.17) is 21.2 Å². The first kappa shape index (κ1) is 20.6. The van der Waals surface area contributed by atoms with Crippen molar-refractivity contribution in [2.24, 2.45) is 0 Å². The Labute approximate surface area is 190 Å². The predicted octanol–water partition coefficient (Wildman–Crippen LogP) is 3.74. The number of aryl methyl sites for hydroxylation is 1. The van der Waals surface area contributed by atoms with E-state index in [1.54, 1.807) is 0 Å². The topological polar surface area (TPSA) is 130 Å². The van der Waals surface area contributed by atoms with Crippen LogP contribution < -0.4 is 11.5 Å². The van der Waals surface area contributed by atoms with Gasteiger partial charge in [0.15, 0.2) is 12.4 Å². The molecular formula is C25H22N6O2. The van der Waals surface area contributed by atoms with Crippen LogP contribution in [0.3, 0.4) is 0 Å². The minimum absolute atomic E-state index is 0.0188. The highest BCUT2D eigenvalue weighted by molar-refractivity contribution is 6.07. The van der Waals surface area contributed by atoms with Crippen molar-refractivity contribution >= 4 is 40.4 Å². The molecule has 33 heavy (non-hydrogen) atoms. The van der Waals surface area contributed by atoms with Gasteiger partial charge in [0.25, 0.3) is 0 Å². The summed E-state index contributed by atoms with van der Waals surface area (Å²) in [5.74, 6) is -0.299. The van der Waals surface area contributed by atoms with Crippen LogP contribution in [0.4, 0.5) is 11.9 Å². The van der Waals surface area contributed by atoms with E-state index in [1.807, 2.05) is 24.3 Å². The van der Waals surface area contributed by atoms with Gasteiger partial charge < -0.3 is 16.2 Å². The van der Waals surface area contributed by atoms with Crippen LogP contribution in [-0.2, 0) is 17.8 Å². The van der Waals surface area contributed by atoms with Crippen molar-refractivity contribution in [3.63, 3.8) is 0 Å². The van der Waals surface area contributed by atoms with Crippen LogP contribution >= 0.6 is 0 Å². The highest BCUT2D eigenvalue weighted by Gasteiger charge is 2.27. The van der Waals surface area contributed by atoms with Crippen LogP contribution in [0, 0.1) is 6.92 Å². The number of esters is 1. The van der Waals surface area contributed by atoms with E-state index >= 15 is 0 Å². The quantitative estimate of drug-likeness (QED) is 0.461. The van der Waals surface area contributed by atoms with Crippen LogP contribution in [0.5, 0.6) is 0 Å². The minimum atomic E-state index is -0.459. The molecule has 2 heterocycles. The highest BCUT2D eigenvalue weighted by atomic mass is 16.5. The van der Waals surface area contributed by atoms with Gasteiger partial charge in [-0.3, -0.25) is 0 Å². The van der Waals surface area contributed by atoms with Crippen LogP contribution in [0.15, 0.2) is 48.5 Å². The second-order valence-corrected chi connectivity index (χ2v) is 7.96. The third kappa shape index (κ3) is 4.10. The second-order valence-electron chi connectivity index (χ2n) is 7.96. The molecule has 0 atom stereocenters. The number of nitrogens with two attached hydrogens (primary N) is 2. The van der Waals surface area contributed by atoms with Crippen molar-refractivity contribution in [1.29, 1.82) is 0 Å². The van der Waals surface area contributed by atoms with Gasteiger partial charge in [0.1, 0.15) is 0 Å². The Hall–Kier alpha value is -4.33. The maximum absolute atomic E-state index is 13.3. The number of carbonyl (C=O) groups excluding carboxylic acids is 1. The molecule has 0 fully saturated rings. The fourth-order valence-corrected chi connectivity index (χ4v) is 4.10.